The molecule has 3 heteroatoms. The van der Waals surface area contributed by atoms with Crippen molar-refractivity contribution in [3.05, 3.63) is 0 Å². The topological polar surface area (TPSA) is 51.2 Å². The maximum absolute atomic E-state index is 12.2. The molecule has 0 amide bonds. The molecule has 0 aromatic heterocycles. The molecule has 3 rings (SSSR count). The predicted octanol–water partition coefficient (Wildman–Crippen LogP) is 2.96. The van der Waals surface area contributed by atoms with Crippen LogP contribution in [0.4, 0.5) is 0 Å². The Morgan fingerprint density at radius 2 is 1.85 bits per heavy atom. The van der Waals surface area contributed by atoms with E-state index in [0.29, 0.717) is 48.1 Å². The van der Waals surface area contributed by atoms with E-state index in [4.69, 9.17) is 0 Å². The van der Waals surface area contributed by atoms with Crippen LogP contribution in [0.5, 0.6) is 0 Å². The molecule has 3 saturated carbocycles. The van der Waals surface area contributed by atoms with E-state index in [1.807, 2.05) is 0 Å². The normalized spacial score (nSPS) is 40.4. The minimum absolute atomic E-state index is 0.0919. The molecule has 3 nitrogen and oxygen atoms in total. The van der Waals surface area contributed by atoms with Crippen LogP contribution in [0.15, 0.2) is 0 Å². The van der Waals surface area contributed by atoms with Crippen LogP contribution in [-0.4, -0.2) is 17.3 Å². The van der Waals surface area contributed by atoms with Crippen molar-refractivity contribution in [2.24, 2.45) is 29.6 Å². The van der Waals surface area contributed by atoms with Gasteiger partial charge in [0.2, 0.25) is 0 Å². The van der Waals surface area contributed by atoms with Crippen LogP contribution >= 0.6 is 0 Å². The Labute approximate surface area is 120 Å². The van der Waals surface area contributed by atoms with Crippen molar-refractivity contribution in [3.63, 3.8) is 0 Å². The van der Waals surface area contributed by atoms with Crippen molar-refractivity contribution in [2.75, 3.05) is 0 Å². The van der Waals surface area contributed by atoms with Crippen molar-refractivity contribution in [2.45, 2.75) is 58.3 Å². The Morgan fingerprint density at radius 3 is 2.60 bits per heavy atom. The van der Waals surface area contributed by atoms with E-state index in [0.717, 1.165) is 38.5 Å². The number of carbonyl (C=O) groups excluding carboxylic acids is 3. The third kappa shape index (κ3) is 2.47. The van der Waals surface area contributed by atoms with Gasteiger partial charge in [0, 0.05) is 31.6 Å². The van der Waals surface area contributed by atoms with Gasteiger partial charge in [-0.25, -0.2) is 0 Å². The number of carbonyl (C=O) groups is 3. The lowest BCUT2D eigenvalue weighted by molar-refractivity contribution is -0.132. The number of hydrogen-bond acceptors (Lipinski definition) is 3. The Morgan fingerprint density at radius 1 is 1.05 bits per heavy atom. The van der Waals surface area contributed by atoms with Crippen molar-refractivity contribution in [1.29, 1.82) is 0 Å². The van der Waals surface area contributed by atoms with Gasteiger partial charge in [-0.3, -0.25) is 9.59 Å². The van der Waals surface area contributed by atoms with Gasteiger partial charge >= 0.3 is 0 Å². The van der Waals surface area contributed by atoms with Crippen LogP contribution in [0.25, 0.3) is 0 Å². The third-order valence-electron chi connectivity index (χ3n) is 5.99. The van der Waals surface area contributed by atoms with Gasteiger partial charge in [0.05, 0.1) is 0 Å². The monoisotopic (exact) mass is 276 g/mol. The zero-order chi connectivity index (χ0) is 14.3. The second-order valence-corrected chi connectivity index (χ2v) is 7.13. The first-order valence-electron chi connectivity index (χ1n) is 8.10. The van der Waals surface area contributed by atoms with Gasteiger partial charge < -0.3 is 4.79 Å². The quantitative estimate of drug-likeness (QED) is 0.796. The molecule has 3 fully saturated rings. The lowest BCUT2D eigenvalue weighted by Gasteiger charge is -2.46. The molecule has 0 heterocycles. The summed E-state index contributed by atoms with van der Waals surface area (Å²) in [5, 5.41) is 0. The Balaban J connectivity index is 1.74. The second-order valence-electron chi connectivity index (χ2n) is 7.13. The van der Waals surface area contributed by atoms with Crippen LogP contribution < -0.4 is 0 Å². The fourth-order valence-corrected chi connectivity index (χ4v) is 5.11. The molecule has 0 aromatic carbocycles. The molecule has 20 heavy (non-hydrogen) atoms. The van der Waals surface area contributed by atoms with E-state index < -0.39 is 0 Å². The number of fused-ring (bicyclic) bond motifs is 3. The van der Waals surface area contributed by atoms with Gasteiger partial charge in [0.1, 0.15) is 17.3 Å². The molecule has 3 aliphatic rings. The Hall–Kier alpha value is -0.990. The lowest BCUT2D eigenvalue weighted by atomic mass is 9.58. The van der Waals surface area contributed by atoms with Crippen molar-refractivity contribution in [1.82, 2.24) is 0 Å². The molecule has 0 bridgehead atoms. The average molecular weight is 276 g/mol. The van der Waals surface area contributed by atoms with Crippen molar-refractivity contribution in [3.8, 4) is 0 Å². The molecular weight excluding hydrogens is 252 g/mol. The van der Waals surface area contributed by atoms with E-state index in [1.165, 1.54) is 0 Å². The summed E-state index contributed by atoms with van der Waals surface area (Å²) in [5.74, 6) is 3.21. The first-order chi connectivity index (χ1) is 9.56. The highest BCUT2D eigenvalue weighted by atomic mass is 16.1. The summed E-state index contributed by atoms with van der Waals surface area (Å²) in [6, 6.07) is 0. The van der Waals surface area contributed by atoms with Crippen LogP contribution in [0.3, 0.4) is 0 Å². The molecule has 5 unspecified atom stereocenters. The molecule has 5 atom stereocenters. The minimum Gasteiger partial charge on any atom is -0.300 e. The van der Waals surface area contributed by atoms with Crippen LogP contribution in [0.2, 0.25) is 0 Å². The van der Waals surface area contributed by atoms with Crippen LogP contribution in [0, 0.1) is 29.6 Å². The smallest absolute Gasteiger partial charge is 0.136 e. The maximum Gasteiger partial charge on any atom is 0.136 e. The van der Waals surface area contributed by atoms with E-state index in [2.05, 4.69) is 0 Å². The van der Waals surface area contributed by atoms with E-state index in [1.54, 1.807) is 6.92 Å². The van der Waals surface area contributed by atoms with Gasteiger partial charge in [0.15, 0.2) is 0 Å². The summed E-state index contributed by atoms with van der Waals surface area (Å²) in [6.07, 6.45) is 6.65. The zero-order valence-electron chi connectivity index (χ0n) is 12.3. The van der Waals surface area contributed by atoms with Crippen molar-refractivity contribution < 1.29 is 14.4 Å². The Kier molecular flexibility index (Phi) is 3.78. The second kappa shape index (κ2) is 5.42. The van der Waals surface area contributed by atoms with Crippen molar-refractivity contribution >= 4 is 17.3 Å². The Bertz CT molecular complexity index is 440. The summed E-state index contributed by atoms with van der Waals surface area (Å²) >= 11 is 0. The average Bonchev–Trinajstić information content (AvgIpc) is 2.77. The van der Waals surface area contributed by atoms with Gasteiger partial charge in [-0.2, -0.15) is 0 Å². The molecular formula is C17H24O3. The first kappa shape index (κ1) is 14.0. The third-order valence-corrected chi connectivity index (χ3v) is 5.99. The first-order valence-corrected chi connectivity index (χ1v) is 8.10. The molecule has 3 aliphatic carbocycles. The SMILES string of the molecule is CC(=O)CCC1C(=O)CCC2C3CC(=O)CC3CCC12. The maximum atomic E-state index is 12.2. The summed E-state index contributed by atoms with van der Waals surface area (Å²) in [7, 11) is 0. The molecule has 0 aliphatic heterocycles. The molecule has 0 saturated heterocycles. The standard InChI is InChI=1S/C17H24O3/c1-10(18)2-4-15-13-5-3-11-8-12(19)9-16(11)14(13)6-7-17(15)20/h11,13-16H,2-9H2,1H3. The van der Waals surface area contributed by atoms with E-state index >= 15 is 0 Å². The largest absolute Gasteiger partial charge is 0.300 e. The summed E-state index contributed by atoms with van der Waals surface area (Å²) < 4.78 is 0. The highest BCUT2D eigenvalue weighted by molar-refractivity contribution is 5.84. The summed E-state index contributed by atoms with van der Waals surface area (Å²) in [4.78, 5) is 35.2. The van der Waals surface area contributed by atoms with E-state index in [-0.39, 0.29) is 11.7 Å². The fraction of sp³-hybridized carbons (Fsp3) is 0.824. The molecule has 110 valence electrons. The fourth-order valence-electron chi connectivity index (χ4n) is 5.11. The number of rotatable bonds is 3. The molecule has 0 aromatic rings. The molecule has 0 radical (unpaired) electrons. The van der Waals surface area contributed by atoms with Gasteiger partial charge in [-0.05, 0) is 56.3 Å². The predicted molar refractivity (Wildman–Crippen MR) is 75.1 cm³/mol. The lowest BCUT2D eigenvalue weighted by Crippen LogP contribution is -2.42. The van der Waals surface area contributed by atoms with Gasteiger partial charge in [-0.15, -0.1) is 0 Å². The zero-order valence-corrected chi connectivity index (χ0v) is 12.3. The van der Waals surface area contributed by atoms with Gasteiger partial charge in [-0.1, -0.05) is 0 Å². The highest BCUT2D eigenvalue weighted by Crippen LogP contribution is 2.53. The molecule has 0 N–H and O–H groups in total. The summed E-state index contributed by atoms with van der Waals surface area (Å²) in [6.45, 7) is 1.61. The van der Waals surface area contributed by atoms with Crippen LogP contribution in [-0.2, 0) is 14.4 Å². The molecule has 0 spiro atoms. The number of hydrogen-bond donors (Lipinski definition) is 0. The highest BCUT2D eigenvalue weighted by Gasteiger charge is 2.49. The number of ketones is 3. The van der Waals surface area contributed by atoms with E-state index in [9.17, 15) is 14.4 Å². The van der Waals surface area contributed by atoms with Crippen LogP contribution in [0.1, 0.15) is 58.3 Å². The van der Waals surface area contributed by atoms with Gasteiger partial charge in [0.25, 0.3) is 0 Å². The number of Topliss-reactive ketones (excluding diaryl/α,β-unsaturated/α-hetero) is 3. The minimum atomic E-state index is 0.0919. The summed E-state index contributed by atoms with van der Waals surface area (Å²) in [5.41, 5.74) is 0.